The lowest BCUT2D eigenvalue weighted by Gasteiger charge is -2.23. The number of carbonyl (C=O) groups is 1. The van der Waals surface area contributed by atoms with Crippen LogP contribution in [0.2, 0.25) is 0 Å². The van der Waals surface area contributed by atoms with Crippen molar-refractivity contribution in [1.29, 1.82) is 0 Å². The summed E-state index contributed by atoms with van der Waals surface area (Å²) in [5, 5.41) is 4.14. The van der Waals surface area contributed by atoms with Gasteiger partial charge < -0.3 is 5.32 Å². The summed E-state index contributed by atoms with van der Waals surface area (Å²) in [5.74, 6) is 1.52. The van der Waals surface area contributed by atoms with Crippen molar-refractivity contribution >= 4 is 33.6 Å². The van der Waals surface area contributed by atoms with E-state index in [4.69, 9.17) is 0 Å². The van der Waals surface area contributed by atoms with Crippen LogP contribution in [0.25, 0.3) is 0 Å². The Hall–Kier alpha value is -0.480. The van der Waals surface area contributed by atoms with E-state index in [0.29, 0.717) is 5.92 Å². The Morgan fingerprint density at radius 3 is 2.89 bits per heavy atom. The largest absolute Gasteiger partial charge is 0.353 e. The second-order valence-corrected chi connectivity index (χ2v) is 7.09. The topological polar surface area (TPSA) is 29.1 Å². The van der Waals surface area contributed by atoms with Gasteiger partial charge in [-0.3, -0.25) is 4.79 Å². The molecule has 104 valence electrons. The normalized spacial score (nSPS) is 19.3. The molecule has 0 spiro atoms. The average molecular weight is 342 g/mol. The molecule has 1 N–H and O–H groups in total. The molecule has 1 heterocycles. The van der Waals surface area contributed by atoms with Gasteiger partial charge in [0.1, 0.15) is 0 Å². The minimum atomic E-state index is 0.0118. The maximum absolute atomic E-state index is 12.5. The molecule has 2 atom stereocenters. The van der Waals surface area contributed by atoms with Gasteiger partial charge in [0, 0.05) is 22.0 Å². The summed E-state index contributed by atoms with van der Waals surface area (Å²) in [6.07, 6.45) is 0.977. The number of benzene rings is 1. The molecule has 4 heteroatoms. The summed E-state index contributed by atoms with van der Waals surface area (Å²) in [5.41, 5.74) is 1.19. The van der Waals surface area contributed by atoms with Crippen LogP contribution >= 0.6 is 27.7 Å². The van der Waals surface area contributed by atoms with Gasteiger partial charge in [0.2, 0.25) is 5.91 Å². The molecule has 0 saturated heterocycles. The first-order valence-electron chi connectivity index (χ1n) is 6.71. The molecule has 0 fully saturated rings. The molecule has 0 aromatic heterocycles. The van der Waals surface area contributed by atoms with Crippen molar-refractivity contribution < 1.29 is 4.79 Å². The number of amides is 1. The number of hydrogen-bond donors (Lipinski definition) is 1. The lowest BCUT2D eigenvalue weighted by molar-refractivity contribution is -0.123. The van der Waals surface area contributed by atoms with Gasteiger partial charge in [-0.2, -0.15) is 0 Å². The molecule has 1 aromatic carbocycles. The predicted octanol–water partition coefficient (Wildman–Crippen LogP) is 3.80. The van der Waals surface area contributed by atoms with E-state index in [1.807, 2.05) is 12.1 Å². The average Bonchev–Trinajstić information content (AvgIpc) is 2.81. The van der Waals surface area contributed by atoms with Crippen molar-refractivity contribution in [2.45, 2.75) is 37.1 Å². The minimum absolute atomic E-state index is 0.0118. The number of nitrogens with one attached hydrogen (secondary N) is 1. The monoisotopic (exact) mass is 341 g/mol. The number of rotatable bonds is 5. The van der Waals surface area contributed by atoms with Gasteiger partial charge in [-0.25, -0.2) is 0 Å². The highest BCUT2D eigenvalue weighted by Crippen LogP contribution is 2.39. The van der Waals surface area contributed by atoms with Crippen LogP contribution in [0.5, 0.6) is 0 Å². The van der Waals surface area contributed by atoms with E-state index in [1.165, 1.54) is 10.5 Å². The van der Waals surface area contributed by atoms with Crippen LogP contribution in [0.3, 0.4) is 0 Å². The Morgan fingerprint density at radius 1 is 1.47 bits per heavy atom. The quantitative estimate of drug-likeness (QED) is 0.825. The maximum Gasteiger partial charge on any atom is 0.228 e. The molecular formula is C15H20BrNOS. The fraction of sp³-hybridized carbons (Fsp3) is 0.533. The van der Waals surface area contributed by atoms with Gasteiger partial charge in [-0.1, -0.05) is 48.0 Å². The lowest BCUT2D eigenvalue weighted by Crippen LogP contribution is -2.41. The van der Waals surface area contributed by atoms with Gasteiger partial charge >= 0.3 is 0 Å². The van der Waals surface area contributed by atoms with E-state index in [0.717, 1.165) is 17.5 Å². The van der Waals surface area contributed by atoms with E-state index >= 15 is 0 Å². The molecule has 0 saturated carbocycles. The molecule has 19 heavy (non-hydrogen) atoms. The molecule has 1 aliphatic rings. The van der Waals surface area contributed by atoms with E-state index in [9.17, 15) is 4.79 Å². The second kappa shape index (κ2) is 6.80. The SMILES string of the molecule is CC(C)C(CCBr)NC(=O)C1CSc2ccccc21. The third-order valence-corrected chi connectivity index (χ3v) is 5.21. The van der Waals surface area contributed by atoms with Crippen LogP contribution in [0, 0.1) is 5.92 Å². The van der Waals surface area contributed by atoms with Gasteiger partial charge in [0.05, 0.1) is 5.92 Å². The first-order valence-corrected chi connectivity index (χ1v) is 8.82. The Bertz CT molecular complexity index is 450. The molecule has 2 unspecified atom stereocenters. The summed E-state index contributed by atoms with van der Waals surface area (Å²) < 4.78 is 0. The van der Waals surface area contributed by atoms with Crippen molar-refractivity contribution in [1.82, 2.24) is 5.32 Å². The summed E-state index contributed by atoms with van der Waals surface area (Å²) in [4.78, 5) is 13.7. The Labute approximate surface area is 127 Å². The maximum atomic E-state index is 12.5. The van der Waals surface area contributed by atoms with Gasteiger partial charge in [0.25, 0.3) is 0 Å². The summed E-state index contributed by atoms with van der Waals surface area (Å²) >= 11 is 5.25. The number of carbonyl (C=O) groups excluding carboxylic acids is 1. The van der Waals surface area contributed by atoms with Crippen molar-refractivity contribution in [3.8, 4) is 0 Å². The second-order valence-electron chi connectivity index (χ2n) is 5.24. The Balaban J connectivity index is 2.05. The van der Waals surface area contributed by atoms with Crippen molar-refractivity contribution in [2.24, 2.45) is 5.92 Å². The van der Waals surface area contributed by atoms with E-state index in [1.54, 1.807) is 11.8 Å². The highest BCUT2D eigenvalue weighted by molar-refractivity contribution is 9.09. The molecule has 1 aliphatic heterocycles. The highest BCUT2D eigenvalue weighted by atomic mass is 79.9. The molecule has 0 bridgehead atoms. The first kappa shape index (κ1) is 14.9. The Morgan fingerprint density at radius 2 is 2.21 bits per heavy atom. The summed E-state index contributed by atoms with van der Waals surface area (Å²) in [7, 11) is 0. The van der Waals surface area contributed by atoms with E-state index < -0.39 is 0 Å². The van der Waals surface area contributed by atoms with Gasteiger partial charge in [-0.05, 0) is 24.0 Å². The number of hydrogen-bond acceptors (Lipinski definition) is 2. The third kappa shape index (κ3) is 3.54. The van der Waals surface area contributed by atoms with Crippen LogP contribution in [0.1, 0.15) is 31.7 Å². The zero-order chi connectivity index (χ0) is 13.8. The highest BCUT2D eigenvalue weighted by Gasteiger charge is 2.30. The standard InChI is InChI=1S/C15H20BrNOS/c1-10(2)13(7-8-16)17-15(18)12-9-19-14-6-4-3-5-11(12)14/h3-6,10,12-13H,7-9H2,1-2H3,(H,17,18). The van der Waals surface area contributed by atoms with Crippen molar-refractivity contribution in [2.75, 3.05) is 11.1 Å². The molecule has 1 amide bonds. The van der Waals surface area contributed by atoms with Gasteiger partial charge in [-0.15, -0.1) is 11.8 Å². The summed E-state index contributed by atoms with van der Waals surface area (Å²) in [6, 6.07) is 8.49. The van der Waals surface area contributed by atoms with E-state index in [2.05, 4.69) is 47.2 Å². The number of fused-ring (bicyclic) bond motifs is 1. The molecule has 2 nitrogen and oxygen atoms in total. The number of halogens is 1. The fourth-order valence-electron chi connectivity index (χ4n) is 2.35. The number of thioether (sulfide) groups is 1. The van der Waals surface area contributed by atoms with Crippen LogP contribution in [0.4, 0.5) is 0 Å². The number of alkyl halides is 1. The molecule has 1 aromatic rings. The predicted molar refractivity (Wildman–Crippen MR) is 85.1 cm³/mol. The molecular weight excluding hydrogens is 322 g/mol. The van der Waals surface area contributed by atoms with Crippen molar-refractivity contribution in [3.05, 3.63) is 29.8 Å². The first-order chi connectivity index (χ1) is 9.13. The van der Waals surface area contributed by atoms with Crippen LogP contribution in [-0.4, -0.2) is 23.0 Å². The zero-order valence-electron chi connectivity index (χ0n) is 11.4. The molecule has 2 rings (SSSR count). The van der Waals surface area contributed by atoms with Crippen LogP contribution in [0.15, 0.2) is 29.2 Å². The van der Waals surface area contributed by atoms with Crippen LogP contribution in [-0.2, 0) is 4.79 Å². The smallest absolute Gasteiger partial charge is 0.228 e. The van der Waals surface area contributed by atoms with Crippen molar-refractivity contribution in [3.63, 3.8) is 0 Å². The third-order valence-electron chi connectivity index (χ3n) is 3.57. The van der Waals surface area contributed by atoms with Crippen LogP contribution < -0.4 is 5.32 Å². The zero-order valence-corrected chi connectivity index (χ0v) is 13.8. The lowest BCUT2D eigenvalue weighted by atomic mass is 9.97. The van der Waals surface area contributed by atoms with Gasteiger partial charge in [0.15, 0.2) is 0 Å². The summed E-state index contributed by atoms with van der Waals surface area (Å²) in [6.45, 7) is 4.32. The van der Waals surface area contributed by atoms with E-state index in [-0.39, 0.29) is 17.9 Å². The molecule has 0 radical (unpaired) electrons. The minimum Gasteiger partial charge on any atom is -0.353 e. The Kier molecular flexibility index (Phi) is 5.34. The molecule has 0 aliphatic carbocycles. The fourth-order valence-corrected chi connectivity index (χ4v) is 4.07.